The van der Waals surface area contributed by atoms with Crippen molar-refractivity contribution in [3.05, 3.63) is 27.7 Å². The third-order valence-corrected chi connectivity index (χ3v) is 4.80. The van der Waals surface area contributed by atoms with Gasteiger partial charge in [-0.25, -0.2) is 4.79 Å². The number of hydrogen-bond donors (Lipinski definition) is 6. The average Bonchev–Trinajstić information content (AvgIpc) is 2.71. The molecule has 0 aliphatic heterocycles. The first-order valence-corrected chi connectivity index (χ1v) is 12.1. The molecule has 1 aromatic rings. The molecule has 34 heavy (non-hydrogen) atoms. The Balaban J connectivity index is -0.000000424. The Morgan fingerprint density at radius 3 is 1.94 bits per heavy atom. The van der Waals surface area contributed by atoms with Crippen LogP contribution in [0, 0.1) is 0 Å². The monoisotopic (exact) mass is 572 g/mol. The standard InChI is InChI=1S/C8H6Cl2O3.C7H19N3.C3H8NO5P.K/c1-13-7-5(10)3-2-4(9)6(7)8(11)12;1-10(6-2-4-8)7-3-5-9;5-3(6)1-4-2-10(7,8)9;/h2-3H,1H3,(H,11,12);2-9H2,1H3;4H,1-2H2,(H,5,6)(H2,7,8,9);/q;;;+1/p-1. The van der Waals surface area contributed by atoms with Gasteiger partial charge in [0.15, 0.2) is 5.75 Å². The predicted molar refractivity (Wildman–Crippen MR) is 125 cm³/mol. The molecule has 192 valence electrons. The van der Waals surface area contributed by atoms with Crippen LogP contribution < -0.4 is 78.0 Å². The van der Waals surface area contributed by atoms with Gasteiger partial charge in [0.1, 0.15) is 5.56 Å². The van der Waals surface area contributed by atoms with E-state index in [1.165, 1.54) is 19.2 Å². The molecule has 16 heteroatoms. The summed E-state index contributed by atoms with van der Waals surface area (Å²) in [6, 6.07) is 2.89. The van der Waals surface area contributed by atoms with Crippen molar-refractivity contribution in [2.45, 2.75) is 12.8 Å². The van der Waals surface area contributed by atoms with Gasteiger partial charge in [-0.1, -0.05) is 23.2 Å². The normalized spacial score (nSPS) is 10.3. The first-order chi connectivity index (χ1) is 15.3. The second kappa shape index (κ2) is 22.4. The van der Waals surface area contributed by atoms with Crippen molar-refractivity contribution in [2.24, 2.45) is 11.5 Å². The molecule has 0 aromatic heterocycles. The summed E-state index contributed by atoms with van der Waals surface area (Å²) in [7, 11) is -0.684. The zero-order valence-electron chi connectivity index (χ0n) is 19.5. The Labute approximate surface area is 251 Å². The number of benzene rings is 1. The van der Waals surface area contributed by atoms with Crippen LogP contribution in [0.1, 0.15) is 23.2 Å². The van der Waals surface area contributed by atoms with Crippen molar-refractivity contribution in [3.63, 3.8) is 0 Å². The van der Waals surface area contributed by atoms with Crippen LogP contribution in [0.3, 0.4) is 0 Å². The number of nitrogens with zero attached hydrogens (tertiary/aromatic N) is 1. The molecule has 0 aliphatic rings. The Morgan fingerprint density at radius 1 is 1.15 bits per heavy atom. The van der Waals surface area contributed by atoms with E-state index < -0.39 is 32.4 Å². The topological polar surface area (TPSA) is 212 Å². The molecule has 0 amide bonds. The summed E-state index contributed by atoms with van der Waals surface area (Å²) in [6.07, 6.45) is 1.53. The molecule has 0 fully saturated rings. The van der Waals surface area contributed by atoms with Crippen LogP contribution in [0.4, 0.5) is 0 Å². The van der Waals surface area contributed by atoms with E-state index in [-0.39, 0.29) is 72.7 Å². The van der Waals surface area contributed by atoms with Crippen LogP contribution >= 0.6 is 30.8 Å². The van der Waals surface area contributed by atoms with Gasteiger partial charge in [-0.3, -0.25) is 4.57 Å². The average molecular weight is 573 g/mol. The van der Waals surface area contributed by atoms with E-state index in [9.17, 15) is 19.3 Å². The van der Waals surface area contributed by atoms with Crippen LogP contribution in [0.5, 0.6) is 5.75 Å². The minimum absolute atomic E-state index is 0. The molecule has 0 radical (unpaired) electrons. The summed E-state index contributed by atoms with van der Waals surface area (Å²) in [4.78, 5) is 39.0. The van der Waals surface area contributed by atoms with Crippen LogP contribution in [0.25, 0.3) is 0 Å². The minimum atomic E-state index is -4.12. The number of aliphatic carboxylic acids is 1. The largest absolute Gasteiger partial charge is 1.00 e. The summed E-state index contributed by atoms with van der Waals surface area (Å²) >= 11 is 11.4. The SMILES string of the molecule is CN(CCCN)CCCN.COc1c(Cl)ccc(Cl)c1C(=O)O.O=C([O-])CNCP(=O)(O)O.[K+]. The van der Waals surface area contributed by atoms with Crippen molar-refractivity contribution in [1.29, 1.82) is 0 Å². The Hall–Kier alpha value is 0.166. The summed E-state index contributed by atoms with van der Waals surface area (Å²) in [5, 5.41) is 20.8. The maximum atomic E-state index is 10.7. The van der Waals surface area contributed by atoms with E-state index in [2.05, 4.69) is 11.9 Å². The van der Waals surface area contributed by atoms with Gasteiger partial charge in [-0.15, -0.1) is 0 Å². The van der Waals surface area contributed by atoms with E-state index >= 15 is 0 Å². The quantitative estimate of drug-likeness (QED) is 0.108. The van der Waals surface area contributed by atoms with Crippen molar-refractivity contribution in [2.75, 3.05) is 53.2 Å². The number of nitrogens with two attached hydrogens (primary N) is 2. The summed E-state index contributed by atoms with van der Waals surface area (Å²) in [6.45, 7) is 3.21. The summed E-state index contributed by atoms with van der Waals surface area (Å²) < 4.78 is 14.9. The van der Waals surface area contributed by atoms with Crippen molar-refractivity contribution in [3.8, 4) is 5.75 Å². The van der Waals surface area contributed by atoms with Gasteiger partial charge in [0, 0.05) is 6.54 Å². The number of methoxy groups -OCH3 is 1. The number of nitrogens with one attached hydrogen (secondary N) is 1. The molecule has 0 atom stereocenters. The third kappa shape index (κ3) is 21.4. The zero-order valence-corrected chi connectivity index (χ0v) is 25.0. The Kier molecular flexibility index (Phi) is 25.5. The van der Waals surface area contributed by atoms with Crippen molar-refractivity contribution in [1.82, 2.24) is 10.2 Å². The molecule has 0 unspecified atom stereocenters. The van der Waals surface area contributed by atoms with E-state index in [0.29, 0.717) is 0 Å². The number of ether oxygens (including phenoxy) is 1. The van der Waals surface area contributed by atoms with E-state index in [4.69, 9.17) is 54.3 Å². The zero-order chi connectivity index (χ0) is 26.0. The first-order valence-electron chi connectivity index (χ1n) is 9.59. The third-order valence-electron chi connectivity index (χ3n) is 3.55. The molecule has 1 aromatic carbocycles. The van der Waals surface area contributed by atoms with Gasteiger partial charge in [0.2, 0.25) is 0 Å². The van der Waals surface area contributed by atoms with Crippen LogP contribution in [-0.2, 0) is 9.36 Å². The van der Waals surface area contributed by atoms with Gasteiger partial charge in [0.05, 0.1) is 29.4 Å². The molecule has 0 heterocycles. The fraction of sp³-hybridized carbons (Fsp3) is 0.556. The predicted octanol–water partition coefficient (Wildman–Crippen LogP) is -3.22. The molecule has 0 saturated carbocycles. The number of carboxylic acids is 2. The molecule has 0 bridgehead atoms. The molecule has 1 rings (SSSR count). The van der Waals surface area contributed by atoms with Gasteiger partial charge in [0.25, 0.3) is 0 Å². The number of rotatable bonds is 12. The van der Waals surface area contributed by atoms with E-state index in [1.807, 2.05) is 5.32 Å². The summed E-state index contributed by atoms with van der Waals surface area (Å²) in [5.74, 6) is -2.47. The number of halogens is 2. The van der Waals surface area contributed by atoms with Crippen LogP contribution in [-0.4, -0.2) is 84.9 Å². The number of hydrogen-bond acceptors (Lipinski definition) is 9. The maximum absolute atomic E-state index is 10.7. The fourth-order valence-corrected chi connectivity index (χ4v) is 2.94. The smallest absolute Gasteiger partial charge is 0.549 e. The Morgan fingerprint density at radius 2 is 1.62 bits per heavy atom. The maximum Gasteiger partial charge on any atom is 1.00 e. The number of carboxylic acid groups (broad SMARTS) is 2. The first kappa shape index (κ1) is 38.7. The van der Waals surface area contributed by atoms with E-state index in [0.717, 1.165) is 39.0 Å². The van der Waals surface area contributed by atoms with Gasteiger partial charge in [-0.05, 0) is 58.2 Å². The van der Waals surface area contributed by atoms with Crippen LogP contribution in [0.2, 0.25) is 10.0 Å². The molecule has 12 nitrogen and oxygen atoms in total. The van der Waals surface area contributed by atoms with Crippen molar-refractivity contribution < 1.29 is 90.3 Å². The molecule has 8 N–H and O–H groups in total. The van der Waals surface area contributed by atoms with Crippen molar-refractivity contribution >= 4 is 42.7 Å². The second-order valence-corrected chi connectivity index (χ2v) is 8.91. The van der Waals surface area contributed by atoms with Gasteiger partial charge in [-0.2, -0.15) is 0 Å². The molecule has 0 spiro atoms. The molecular formula is C18H32Cl2KN4O8P. The molecule has 0 saturated heterocycles. The number of aromatic carboxylic acids is 1. The fourth-order valence-electron chi connectivity index (χ4n) is 2.07. The molecule has 0 aliphatic carbocycles. The summed E-state index contributed by atoms with van der Waals surface area (Å²) in [5.41, 5.74) is 10.6. The number of carbonyl (C=O) groups is 2. The van der Waals surface area contributed by atoms with Crippen LogP contribution in [0.15, 0.2) is 12.1 Å². The van der Waals surface area contributed by atoms with Gasteiger partial charge < -0.3 is 51.2 Å². The second-order valence-electron chi connectivity index (χ2n) is 6.45. The minimum Gasteiger partial charge on any atom is -0.549 e. The Bertz CT molecular complexity index is 766. The van der Waals surface area contributed by atoms with Gasteiger partial charge >= 0.3 is 64.9 Å². The number of carbonyl (C=O) groups excluding carboxylic acids is 1. The molecular weight excluding hydrogens is 541 g/mol. The van der Waals surface area contributed by atoms with E-state index in [1.54, 1.807) is 0 Å².